The van der Waals surface area contributed by atoms with Crippen LogP contribution in [0.5, 0.6) is 0 Å². The quantitative estimate of drug-likeness (QED) is 0.825. The fraction of sp³-hybridized carbons (Fsp3) is 0.533. The van der Waals surface area contributed by atoms with Gasteiger partial charge < -0.3 is 9.30 Å². The van der Waals surface area contributed by atoms with Gasteiger partial charge in [0.2, 0.25) is 0 Å². The van der Waals surface area contributed by atoms with Crippen molar-refractivity contribution in [3.63, 3.8) is 0 Å². The summed E-state index contributed by atoms with van der Waals surface area (Å²) in [7, 11) is 0. The summed E-state index contributed by atoms with van der Waals surface area (Å²) in [4.78, 5) is 7.13. The maximum atomic E-state index is 4.60. The van der Waals surface area contributed by atoms with E-state index in [0.29, 0.717) is 0 Å². The van der Waals surface area contributed by atoms with E-state index in [1.807, 2.05) is 6.20 Å². The lowest BCUT2D eigenvalue weighted by molar-refractivity contribution is 0.341. The zero-order chi connectivity index (χ0) is 12.5. The third-order valence-corrected chi connectivity index (χ3v) is 4.05. The van der Waals surface area contributed by atoms with Crippen molar-refractivity contribution < 1.29 is 0 Å². The van der Waals surface area contributed by atoms with Crippen LogP contribution in [0, 0.1) is 12.8 Å². The van der Waals surface area contributed by atoms with Gasteiger partial charge in [-0.25, -0.2) is 4.98 Å². The number of imidazole rings is 1. The van der Waals surface area contributed by atoms with Crippen LogP contribution in [0.3, 0.4) is 0 Å². The molecule has 3 heteroatoms. The molecule has 0 N–H and O–H groups in total. The van der Waals surface area contributed by atoms with Crippen LogP contribution in [0.4, 0.5) is 0 Å². The summed E-state index contributed by atoms with van der Waals surface area (Å²) >= 11 is 0. The summed E-state index contributed by atoms with van der Waals surface area (Å²) in [5.41, 5.74) is 2.52. The zero-order valence-electron chi connectivity index (χ0n) is 11.3. The summed E-state index contributed by atoms with van der Waals surface area (Å²) in [6.45, 7) is 8.04. The fourth-order valence-electron chi connectivity index (χ4n) is 2.94. The Morgan fingerprint density at radius 1 is 1.44 bits per heavy atom. The Morgan fingerprint density at radius 2 is 2.33 bits per heavy atom. The molecule has 3 rings (SSSR count). The second-order valence-electron chi connectivity index (χ2n) is 5.43. The smallest absolute Gasteiger partial charge is 0.113 e. The lowest BCUT2D eigenvalue weighted by Gasteiger charge is -2.12. The summed E-state index contributed by atoms with van der Waals surface area (Å²) in [5.74, 6) is 1.99. The Morgan fingerprint density at radius 3 is 3.11 bits per heavy atom. The number of hydrogen-bond acceptors (Lipinski definition) is 2. The highest BCUT2D eigenvalue weighted by atomic mass is 15.1. The predicted octanol–water partition coefficient (Wildman–Crippen LogP) is 2.53. The van der Waals surface area contributed by atoms with Crippen molar-refractivity contribution in [3.8, 4) is 0 Å². The summed E-state index contributed by atoms with van der Waals surface area (Å²) in [5, 5.41) is 0. The molecular formula is C15H21N3. The number of rotatable bonds is 3. The Balaban J connectivity index is 1.79. The normalized spacial score (nSPS) is 20.9. The van der Waals surface area contributed by atoms with Crippen LogP contribution in [-0.4, -0.2) is 33.9 Å². The third kappa shape index (κ3) is 2.15. The minimum atomic E-state index is 0.775. The first kappa shape index (κ1) is 11.7. The number of aromatic nitrogens is 2. The molecule has 1 saturated heterocycles. The maximum Gasteiger partial charge on any atom is 0.113 e. The van der Waals surface area contributed by atoms with Crippen molar-refractivity contribution in [1.82, 2.24) is 14.3 Å². The first-order chi connectivity index (χ1) is 8.76. The average Bonchev–Trinajstić information content (AvgIpc) is 2.97. The van der Waals surface area contributed by atoms with Gasteiger partial charge in [-0.2, -0.15) is 0 Å². The standard InChI is InChI=1S/C15H21N3/c1-3-17-6-5-13(11-17)9-15-16-10-14-8-12(2)4-7-18(14)15/h4,7-8,10,13H,3,5-6,9,11H2,1-2H3. The molecule has 3 heterocycles. The summed E-state index contributed by atoms with van der Waals surface area (Å²) in [6.07, 6.45) is 6.57. The second kappa shape index (κ2) is 4.73. The molecule has 0 aliphatic carbocycles. The highest BCUT2D eigenvalue weighted by Crippen LogP contribution is 2.20. The van der Waals surface area contributed by atoms with Gasteiger partial charge in [-0.1, -0.05) is 6.92 Å². The number of pyridine rings is 1. The second-order valence-corrected chi connectivity index (χ2v) is 5.43. The van der Waals surface area contributed by atoms with E-state index in [4.69, 9.17) is 0 Å². The van der Waals surface area contributed by atoms with Crippen LogP contribution in [0.25, 0.3) is 5.52 Å². The van der Waals surface area contributed by atoms with E-state index < -0.39 is 0 Å². The highest BCUT2D eigenvalue weighted by Gasteiger charge is 2.22. The number of hydrogen-bond donors (Lipinski definition) is 0. The monoisotopic (exact) mass is 243 g/mol. The molecule has 0 radical (unpaired) electrons. The molecule has 96 valence electrons. The zero-order valence-corrected chi connectivity index (χ0v) is 11.3. The molecule has 0 amide bonds. The van der Waals surface area contributed by atoms with E-state index in [2.05, 4.69) is 46.5 Å². The van der Waals surface area contributed by atoms with E-state index in [1.54, 1.807) is 0 Å². The SMILES string of the molecule is CCN1CCC(Cc2ncc3cc(C)ccn23)C1. The first-order valence-electron chi connectivity index (χ1n) is 6.91. The average molecular weight is 243 g/mol. The van der Waals surface area contributed by atoms with Crippen LogP contribution < -0.4 is 0 Å². The van der Waals surface area contributed by atoms with Crippen LogP contribution in [0.1, 0.15) is 24.7 Å². The van der Waals surface area contributed by atoms with Crippen molar-refractivity contribution in [3.05, 3.63) is 35.9 Å². The Bertz CT molecular complexity index is 544. The van der Waals surface area contributed by atoms with E-state index in [-0.39, 0.29) is 0 Å². The van der Waals surface area contributed by atoms with E-state index in [9.17, 15) is 0 Å². The fourth-order valence-corrected chi connectivity index (χ4v) is 2.94. The number of nitrogens with zero attached hydrogens (tertiary/aromatic N) is 3. The van der Waals surface area contributed by atoms with Crippen molar-refractivity contribution in [2.45, 2.75) is 26.7 Å². The first-order valence-corrected chi connectivity index (χ1v) is 6.91. The van der Waals surface area contributed by atoms with Gasteiger partial charge in [0.05, 0.1) is 11.7 Å². The Kier molecular flexibility index (Phi) is 3.08. The van der Waals surface area contributed by atoms with E-state index >= 15 is 0 Å². The van der Waals surface area contributed by atoms with Crippen LogP contribution in [0.15, 0.2) is 24.5 Å². The minimum Gasteiger partial charge on any atom is -0.304 e. The van der Waals surface area contributed by atoms with Gasteiger partial charge in [-0.05, 0) is 50.0 Å². The Labute approximate surface area is 108 Å². The third-order valence-electron chi connectivity index (χ3n) is 4.05. The lowest BCUT2D eigenvalue weighted by Crippen LogP contribution is -2.20. The molecule has 18 heavy (non-hydrogen) atoms. The van der Waals surface area contributed by atoms with Gasteiger partial charge >= 0.3 is 0 Å². The van der Waals surface area contributed by atoms with Gasteiger partial charge in [0.1, 0.15) is 5.82 Å². The van der Waals surface area contributed by atoms with Crippen molar-refractivity contribution >= 4 is 5.52 Å². The van der Waals surface area contributed by atoms with Gasteiger partial charge in [-0.15, -0.1) is 0 Å². The number of fused-ring (bicyclic) bond motifs is 1. The lowest BCUT2D eigenvalue weighted by atomic mass is 10.0. The van der Waals surface area contributed by atoms with E-state index in [1.165, 1.54) is 43.0 Å². The van der Waals surface area contributed by atoms with Gasteiger partial charge in [0.25, 0.3) is 0 Å². The van der Waals surface area contributed by atoms with Crippen LogP contribution in [-0.2, 0) is 6.42 Å². The van der Waals surface area contributed by atoms with Crippen molar-refractivity contribution in [2.24, 2.45) is 5.92 Å². The van der Waals surface area contributed by atoms with Crippen molar-refractivity contribution in [1.29, 1.82) is 0 Å². The predicted molar refractivity (Wildman–Crippen MR) is 73.9 cm³/mol. The molecule has 1 unspecified atom stereocenters. The molecule has 0 bridgehead atoms. The van der Waals surface area contributed by atoms with Gasteiger partial charge in [-0.3, -0.25) is 0 Å². The molecule has 1 atom stereocenters. The van der Waals surface area contributed by atoms with Crippen LogP contribution in [0.2, 0.25) is 0 Å². The molecular weight excluding hydrogens is 222 g/mol. The molecule has 1 aliphatic rings. The highest BCUT2D eigenvalue weighted by molar-refractivity contribution is 5.48. The van der Waals surface area contributed by atoms with E-state index in [0.717, 1.165) is 12.3 Å². The molecule has 2 aromatic heterocycles. The topological polar surface area (TPSA) is 20.5 Å². The van der Waals surface area contributed by atoms with Crippen molar-refractivity contribution in [2.75, 3.05) is 19.6 Å². The number of aryl methyl sites for hydroxylation is 1. The molecule has 0 aromatic carbocycles. The van der Waals surface area contributed by atoms with Gasteiger partial charge in [0, 0.05) is 19.2 Å². The molecule has 0 saturated carbocycles. The van der Waals surface area contributed by atoms with Gasteiger partial charge in [0.15, 0.2) is 0 Å². The Hall–Kier alpha value is -1.35. The maximum absolute atomic E-state index is 4.60. The van der Waals surface area contributed by atoms with Crippen LogP contribution >= 0.6 is 0 Å². The summed E-state index contributed by atoms with van der Waals surface area (Å²) in [6, 6.07) is 4.36. The molecule has 3 nitrogen and oxygen atoms in total. The molecule has 1 fully saturated rings. The molecule has 0 spiro atoms. The molecule has 1 aliphatic heterocycles. The summed E-state index contributed by atoms with van der Waals surface area (Å²) < 4.78 is 2.24. The molecule has 2 aromatic rings. The largest absolute Gasteiger partial charge is 0.304 e. The number of likely N-dealkylation sites (tertiary alicyclic amines) is 1. The minimum absolute atomic E-state index is 0.775.